The minimum atomic E-state index is -4.28. The molecule has 0 saturated heterocycles. The van der Waals surface area contributed by atoms with Crippen LogP contribution in [0.2, 0.25) is 0 Å². The molecule has 0 saturated carbocycles. The van der Waals surface area contributed by atoms with E-state index in [4.69, 9.17) is 10.2 Å². The molecule has 0 amide bonds. The molecule has 0 radical (unpaired) electrons. The molecule has 16 heavy (non-hydrogen) atoms. The Kier molecular flexibility index (Phi) is 6.28. The number of nitrogens with zero attached hydrogens (tertiary/aromatic N) is 1. The second kappa shape index (κ2) is 6.42. The first-order chi connectivity index (χ1) is 7.26. The van der Waals surface area contributed by atoms with Gasteiger partial charge in [0.1, 0.15) is 0 Å². The zero-order valence-corrected chi connectivity index (χ0v) is 9.72. The lowest BCUT2D eigenvalue weighted by atomic mass is 9.88. The van der Waals surface area contributed by atoms with Crippen molar-refractivity contribution in [2.24, 2.45) is 5.41 Å². The van der Waals surface area contributed by atoms with Gasteiger partial charge < -0.3 is 10.2 Å². The summed E-state index contributed by atoms with van der Waals surface area (Å²) in [7, 11) is 0. The van der Waals surface area contributed by atoms with Gasteiger partial charge in [-0.1, -0.05) is 13.8 Å². The smallest absolute Gasteiger partial charge is 0.396 e. The van der Waals surface area contributed by atoms with Gasteiger partial charge in [0.15, 0.2) is 0 Å². The molecule has 3 nitrogen and oxygen atoms in total. The maximum absolute atomic E-state index is 12.2. The van der Waals surface area contributed by atoms with Gasteiger partial charge in [0.2, 0.25) is 0 Å². The predicted octanol–water partition coefficient (Wildman–Crippen LogP) is 1.25. The number of hydrogen-bond donors (Lipinski definition) is 2. The summed E-state index contributed by atoms with van der Waals surface area (Å²) in [6.07, 6.45) is -3.69. The maximum Gasteiger partial charge on any atom is 0.401 e. The second-order valence-corrected chi connectivity index (χ2v) is 4.37. The van der Waals surface area contributed by atoms with E-state index in [0.29, 0.717) is 6.42 Å². The van der Waals surface area contributed by atoms with Crippen molar-refractivity contribution in [3.05, 3.63) is 0 Å². The molecule has 0 aromatic heterocycles. The molecule has 0 spiro atoms. The highest BCUT2D eigenvalue weighted by Gasteiger charge is 2.33. The molecule has 0 aliphatic carbocycles. The van der Waals surface area contributed by atoms with E-state index >= 15 is 0 Å². The molecule has 1 atom stereocenters. The van der Waals surface area contributed by atoms with Crippen LogP contribution in [0.4, 0.5) is 13.2 Å². The van der Waals surface area contributed by atoms with E-state index in [1.807, 2.05) is 6.92 Å². The van der Waals surface area contributed by atoms with Gasteiger partial charge in [-0.25, -0.2) is 0 Å². The summed E-state index contributed by atoms with van der Waals surface area (Å²) < 4.78 is 36.7. The number of aliphatic hydroxyl groups is 2. The molecule has 0 aromatic carbocycles. The van der Waals surface area contributed by atoms with Gasteiger partial charge in [-0.05, 0) is 6.42 Å². The van der Waals surface area contributed by atoms with E-state index in [9.17, 15) is 13.2 Å². The summed E-state index contributed by atoms with van der Waals surface area (Å²) >= 11 is 0. The van der Waals surface area contributed by atoms with Crippen molar-refractivity contribution in [3.63, 3.8) is 0 Å². The Morgan fingerprint density at radius 2 is 1.69 bits per heavy atom. The van der Waals surface area contributed by atoms with Gasteiger partial charge in [0.25, 0.3) is 0 Å². The monoisotopic (exact) mass is 243 g/mol. The maximum atomic E-state index is 12.2. The SMILES string of the molecule is CCC(C)(CO)CN(CCO)CC(F)(F)F. The minimum Gasteiger partial charge on any atom is -0.396 e. The Balaban J connectivity index is 4.43. The highest BCUT2D eigenvalue weighted by molar-refractivity contribution is 4.77. The minimum absolute atomic E-state index is 0.0326. The van der Waals surface area contributed by atoms with Gasteiger partial charge >= 0.3 is 6.18 Å². The van der Waals surface area contributed by atoms with E-state index in [-0.39, 0.29) is 26.3 Å². The molecule has 0 aliphatic rings. The van der Waals surface area contributed by atoms with Crippen molar-refractivity contribution < 1.29 is 23.4 Å². The molecule has 0 fully saturated rings. The number of alkyl halides is 3. The Morgan fingerprint density at radius 1 is 1.12 bits per heavy atom. The van der Waals surface area contributed by atoms with Crippen molar-refractivity contribution in [2.75, 3.05) is 32.8 Å². The molecule has 2 N–H and O–H groups in total. The van der Waals surface area contributed by atoms with Gasteiger partial charge in [0.05, 0.1) is 13.2 Å². The highest BCUT2D eigenvalue weighted by atomic mass is 19.4. The highest BCUT2D eigenvalue weighted by Crippen LogP contribution is 2.24. The Hall–Kier alpha value is -0.330. The van der Waals surface area contributed by atoms with Crippen LogP contribution in [0, 0.1) is 5.41 Å². The number of aliphatic hydroxyl groups excluding tert-OH is 2. The number of rotatable bonds is 7. The third kappa shape index (κ3) is 6.30. The zero-order chi connectivity index (χ0) is 12.8. The van der Waals surface area contributed by atoms with Crippen LogP contribution in [-0.2, 0) is 0 Å². The fourth-order valence-electron chi connectivity index (χ4n) is 1.42. The lowest BCUT2D eigenvalue weighted by Crippen LogP contribution is -2.43. The molecular formula is C10H20F3NO2. The van der Waals surface area contributed by atoms with Crippen molar-refractivity contribution in [1.82, 2.24) is 4.90 Å². The summed E-state index contributed by atoms with van der Waals surface area (Å²) in [6, 6.07) is 0. The first kappa shape index (κ1) is 15.7. The van der Waals surface area contributed by atoms with Crippen LogP contribution in [0.15, 0.2) is 0 Å². The quantitative estimate of drug-likeness (QED) is 0.707. The lowest BCUT2D eigenvalue weighted by Gasteiger charge is -2.33. The molecule has 0 aliphatic heterocycles. The van der Waals surface area contributed by atoms with Gasteiger partial charge in [-0.3, -0.25) is 4.90 Å². The van der Waals surface area contributed by atoms with E-state index < -0.39 is 18.1 Å². The fourth-order valence-corrected chi connectivity index (χ4v) is 1.42. The first-order valence-corrected chi connectivity index (χ1v) is 5.27. The molecule has 1 unspecified atom stereocenters. The summed E-state index contributed by atoms with van der Waals surface area (Å²) in [5.41, 5.74) is -0.555. The van der Waals surface area contributed by atoms with Crippen molar-refractivity contribution in [3.8, 4) is 0 Å². The Labute approximate surface area is 93.9 Å². The molecule has 98 valence electrons. The average Bonchev–Trinajstić information content (AvgIpc) is 2.15. The van der Waals surface area contributed by atoms with Gasteiger partial charge in [-0.15, -0.1) is 0 Å². The van der Waals surface area contributed by atoms with Gasteiger partial charge in [0, 0.05) is 25.1 Å². The van der Waals surface area contributed by atoms with Crippen LogP contribution in [0.25, 0.3) is 0 Å². The lowest BCUT2D eigenvalue weighted by molar-refractivity contribution is -0.150. The topological polar surface area (TPSA) is 43.7 Å². The summed E-state index contributed by atoms with van der Waals surface area (Å²) in [6.45, 7) is 2.11. The zero-order valence-electron chi connectivity index (χ0n) is 9.72. The molecule has 0 bridgehead atoms. The van der Waals surface area contributed by atoms with Crippen LogP contribution in [0.3, 0.4) is 0 Å². The largest absolute Gasteiger partial charge is 0.401 e. The van der Waals surface area contributed by atoms with Crippen molar-refractivity contribution >= 4 is 0 Å². The first-order valence-electron chi connectivity index (χ1n) is 5.27. The molecule has 0 heterocycles. The van der Waals surface area contributed by atoms with E-state index in [1.54, 1.807) is 6.92 Å². The number of halogens is 3. The van der Waals surface area contributed by atoms with Crippen molar-refractivity contribution in [1.29, 1.82) is 0 Å². The molecule has 6 heteroatoms. The Bertz CT molecular complexity index is 193. The van der Waals surface area contributed by atoms with Crippen molar-refractivity contribution in [2.45, 2.75) is 26.4 Å². The normalized spacial score (nSPS) is 16.5. The van der Waals surface area contributed by atoms with Crippen LogP contribution in [-0.4, -0.2) is 54.1 Å². The van der Waals surface area contributed by atoms with E-state index in [1.165, 1.54) is 0 Å². The van der Waals surface area contributed by atoms with Crippen LogP contribution in [0.1, 0.15) is 20.3 Å². The second-order valence-electron chi connectivity index (χ2n) is 4.37. The van der Waals surface area contributed by atoms with E-state index in [2.05, 4.69) is 0 Å². The third-order valence-electron chi connectivity index (χ3n) is 2.66. The van der Waals surface area contributed by atoms with Crippen LogP contribution in [0.5, 0.6) is 0 Å². The molecule has 0 rings (SSSR count). The average molecular weight is 243 g/mol. The fraction of sp³-hybridized carbons (Fsp3) is 1.00. The van der Waals surface area contributed by atoms with E-state index in [0.717, 1.165) is 4.90 Å². The summed E-state index contributed by atoms with van der Waals surface area (Å²) in [5, 5.41) is 17.8. The third-order valence-corrected chi connectivity index (χ3v) is 2.66. The Morgan fingerprint density at radius 3 is 2.00 bits per heavy atom. The van der Waals surface area contributed by atoms with Crippen LogP contribution < -0.4 is 0 Å². The predicted molar refractivity (Wildman–Crippen MR) is 55.1 cm³/mol. The van der Waals surface area contributed by atoms with Gasteiger partial charge in [-0.2, -0.15) is 13.2 Å². The molecular weight excluding hydrogens is 223 g/mol. The van der Waals surface area contributed by atoms with Crippen LogP contribution >= 0.6 is 0 Å². The summed E-state index contributed by atoms with van der Waals surface area (Å²) in [4.78, 5) is 1.12. The summed E-state index contributed by atoms with van der Waals surface area (Å²) in [5.74, 6) is 0. The standard InChI is InChI=1S/C10H20F3NO2/c1-3-9(2,8-16)6-14(4-5-15)7-10(11,12)13/h15-16H,3-8H2,1-2H3. The number of hydrogen-bond acceptors (Lipinski definition) is 3. The molecule has 0 aromatic rings.